The smallest absolute Gasteiger partial charge is 0.870 e. The number of ether oxygens (including phenoxy) is 3. The molecule has 14 atom stereocenters. The number of imidazole rings is 3. The molecule has 9 rings (SSSR count). The molecule has 470 valence electrons. The minimum Gasteiger partial charge on any atom is -0.870 e. The van der Waals surface area contributed by atoms with Gasteiger partial charge in [0, 0.05) is 0 Å². The molecule has 0 saturated heterocycles. The molecule has 0 aromatic carbocycles. The molecule has 49 heteroatoms. The van der Waals surface area contributed by atoms with E-state index in [1.54, 1.807) is 0 Å². The molecule has 0 spiro atoms. The molecule has 6 heterocycles. The van der Waals surface area contributed by atoms with E-state index in [4.69, 9.17) is 72.4 Å². The van der Waals surface area contributed by atoms with Crippen molar-refractivity contribution in [2.24, 2.45) is 0 Å². The van der Waals surface area contributed by atoms with Crippen LogP contribution in [0.25, 0.3) is 33.5 Å². The van der Waals surface area contributed by atoms with Crippen LogP contribution in [0.1, 0.15) is 58.2 Å². The van der Waals surface area contributed by atoms with Crippen molar-refractivity contribution < 1.29 is 150 Å². The van der Waals surface area contributed by atoms with E-state index in [9.17, 15) is 72.8 Å². The van der Waals surface area contributed by atoms with Crippen LogP contribution in [-0.4, -0.2) is 206 Å². The van der Waals surface area contributed by atoms with Gasteiger partial charge in [-0.15, -0.1) is 0 Å². The first-order chi connectivity index (χ1) is 37.9. The average molecular weight is 1340 g/mol. The molecule has 0 radical (unpaired) electrons. The summed E-state index contributed by atoms with van der Waals surface area (Å²) in [6, 6.07) is -2.56. The maximum absolute atomic E-state index is 12.0. The Labute approximate surface area is 500 Å². The number of nitrogen functional groups attached to an aromatic ring is 3. The molecule has 85 heavy (non-hydrogen) atoms. The number of fused-ring (bicyclic) bond motifs is 3. The molecule has 6 aromatic rings. The predicted molar refractivity (Wildman–Crippen MR) is 280 cm³/mol. The molecule has 2 unspecified atom stereocenters. The number of H-pyrrole nitrogens is 2. The second-order valence-electron chi connectivity index (χ2n) is 19.6. The predicted octanol–water partition coefficient (Wildman–Crippen LogP) is -6.74. The summed E-state index contributed by atoms with van der Waals surface area (Å²) in [5.74, 6) is -0.442. The molecular formula is C36H56ClN15NaO27P5. The van der Waals surface area contributed by atoms with E-state index in [-0.39, 0.29) is 111 Å². The Hall–Kier alpha value is -3.71. The summed E-state index contributed by atoms with van der Waals surface area (Å²) in [6.07, 6.45) is -7.18. The number of rotatable bonds is 16. The van der Waals surface area contributed by atoms with Crippen molar-refractivity contribution in [1.82, 2.24) is 58.6 Å². The summed E-state index contributed by atoms with van der Waals surface area (Å²) < 4.78 is 82.9. The first-order valence-electron chi connectivity index (χ1n) is 23.3. The largest absolute Gasteiger partial charge is 1.00 e. The molecule has 23 N–H and O–H groups in total. The normalized spacial score (nSPS) is 29.3. The molecule has 3 saturated carbocycles. The topological polar surface area (TPSA) is 694 Å². The fraction of sp³-hybridized carbons (Fsp3) is 0.583. The minimum absolute atomic E-state index is 0. The van der Waals surface area contributed by atoms with Crippen molar-refractivity contribution in [3.05, 3.63) is 44.8 Å². The van der Waals surface area contributed by atoms with E-state index in [1.807, 2.05) is 0 Å². The zero-order chi connectivity index (χ0) is 62.1. The van der Waals surface area contributed by atoms with E-state index in [1.165, 1.54) is 53.5 Å². The summed E-state index contributed by atoms with van der Waals surface area (Å²) in [4.78, 5) is 128. The number of halogens is 1. The fourth-order valence-corrected chi connectivity index (χ4v) is 13.8. The number of aromatic amines is 2. The number of aliphatic hydroxyl groups excluding tert-OH is 3. The third kappa shape index (κ3) is 16.4. The Balaban J connectivity index is 0.000000233. The Morgan fingerprint density at radius 2 is 0.906 bits per heavy atom. The number of hydrogen-bond acceptors (Lipinski definition) is 29. The van der Waals surface area contributed by atoms with Gasteiger partial charge < -0.3 is 120 Å². The molecule has 0 aliphatic heterocycles. The van der Waals surface area contributed by atoms with E-state index < -0.39 is 140 Å². The van der Waals surface area contributed by atoms with Crippen LogP contribution in [0.5, 0.6) is 0 Å². The van der Waals surface area contributed by atoms with Crippen LogP contribution in [0.3, 0.4) is 0 Å². The Kier molecular flexibility index (Phi) is 22.0. The molecule has 3 aliphatic carbocycles. The number of aliphatic hydroxyl groups is 6. The number of nitrogens with two attached hydrogens (primary N) is 3. The molecule has 0 amide bonds. The number of hydrogen-bond donors (Lipinski definition) is 19. The number of nitrogens with zero attached hydrogens (tertiary/aromatic N) is 10. The third-order valence-electron chi connectivity index (χ3n) is 13.4. The standard InChI is InChI=1S/C12H17ClN5O6P.C12H20N5O13P3.C12H18N5O7P.Na.H2O/c1-12(20)6(2-5(8(12)19)24-4-25(21,22)23)18-3-15-7-9(13)16-11(14)17-10(7)18;1-12(20)6(17-3-14-7-9(17)15-11(13)16-10(7)19)2-5(8(12)18)28-4-31(21,22)29-33(26,27)30-32(23,24)25;1-12(20)6(2-5(8(12)18)24-4-25(21,22)23)17-3-14-7-9(17)15-11(13)16-10(7)19;;/h3,5-6,8,19-20H,2,4H2,1H3,(H2,14,16,17)(H2,21,22,23);3,5-6,8,18,20H,2,4H2,1H3,(H,21,22)(H,26,27)(H2,23,24,25)(H3,13,15,16,19);3,5-6,8,18,20H,2,4H2,1H3,(H2,21,22,23)(H3,13,15,16,19);;1H2/q;;;+1;/p-1/t3*5-,6+,8+,12-;;/m000../s1. The number of aromatic nitrogens is 12. The first kappa shape index (κ1) is 72.0. The fourth-order valence-electron chi connectivity index (χ4n) is 9.52. The van der Waals surface area contributed by atoms with Crippen LogP contribution in [0.2, 0.25) is 5.15 Å². The van der Waals surface area contributed by atoms with E-state index >= 15 is 0 Å². The second-order valence-corrected chi connectivity index (χ2v) is 27.9. The van der Waals surface area contributed by atoms with Gasteiger partial charge >= 0.3 is 68.0 Å². The minimum atomic E-state index is -5.66. The van der Waals surface area contributed by atoms with E-state index in [0.717, 1.165) is 0 Å². The molecule has 0 bridgehead atoms. The van der Waals surface area contributed by atoms with Crippen molar-refractivity contribution >= 4 is 101 Å². The molecular weight excluding hydrogens is 1290 g/mol. The summed E-state index contributed by atoms with van der Waals surface area (Å²) in [6.45, 7) is 3.96. The zero-order valence-corrected chi connectivity index (χ0v) is 51.3. The number of anilines is 3. The molecule has 6 aromatic heterocycles. The SMILES string of the molecule is C[C@@]1(O)[C@H](O)[C@@H](OCP(=O)(O)O)C[C@H]1n1cnc2c(=O)[nH]c(N)nc21.C[C@@]1(O)[C@H](O)[C@@H](OCP(=O)(O)O)C[C@H]1n1cnc2c(Cl)nc(N)nc21.C[C@@]1(O)[C@H](O)[C@@H](OCP(=O)(O)OP(=O)(O)OP(=O)(O)O)C[C@H]1n1cnc2c(=O)[nH]c(N)nc21.[Na+].[OH-]. The van der Waals surface area contributed by atoms with Crippen molar-refractivity contribution in [2.45, 2.75) is 112 Å². The van der Waals surface area contributed by atoms with Crippen LogP contribution in [0.15, 0.2) is 28.6 Å². The van der Waals surface area contributed by atoms with Crippen LogP contribution in [-0.2, 0) is 45.7 Å². The number of nitrogens with one attached hydrogen (secondary N) is 2. The van der Waals surface area contributed by atoms with Crippen LogP contribution >= 0.6 is 50.0 Å². The van der Waals surface area contributed by atoms with E-state index in [0.29, 0.717) is 0 Å². The molecule has 42 nitrogen and oxygen atoms in total. The third-order valence-corrected chi connectivity index (χ3v) is 18.6. The quantitative estimate of drug-likeness (QED) is 0.0243. The van der Waals surface area contributed by atoms with Crippen molar-refractivity contribution in [2.75, 3.05) is 36.2 Å². The monoisotopic (exact) mass is 1340 g/mol. The van der Waals surface area contributed by atoms with E-state index in [2.05, 4.69) is 53.5 Å². The van der Waals surface area contributed by atoms with Crippen molar-refractivity contribution in [3.8, 4) is 0 Å². The first-order valence-corrected chi connectivity index (χ1v) is 32.1. The van der Waals surface area contributed by atoms with Crippen molar-refractivity contribution in [1.29, 1.82) is 0 Å². The van der Waals surface area contributed by atoms with Gasteiger partial charge in [0.2, 0.25) is 17.8 Å². The van der Waals surface area contributed by atoms with Gasteiger partial charge in [-0.3, -0.25) is 33.3 Å². The van der Waals surface area contributed by atoms with Gasteiger partial charge in [0.25, 0.3) is 11.1 Å². The Morgan fingerprint density at radius 3 is 1.25 bits per heavy atom. The van der Waals surface area contributed by atoms with Gasteiger partial charge in [0.05, 0.1) is 55.4 Å². The van der Waals surface area contributed by atoms with Gasteiger partial charge in [-0.2, -0.15) is 24.2 Å². The van der Waals surface area contributed by atoms with Crippen LogP contribution < -0.4 is 57.9 Å². The molecule has 3 fully saturated rings. The Morgan fingerprint density at radius 1 is 0.576 bits per heavy atom. The summed E-state index contributed by atoms with van der Waals surface area (Å²) in [5.41, 5.74) is 10.7. The van der Waals surface area contributed by atoms with Gasteiger partial charge in [0.1, 0.15) is 59.7 Å². The average Bonchev–Trinajstić information content (AvgIpc) is 2.03. The summed E-state index contributed by atoms with van der Waals surface area (Å²) in [5, 5.41) is 63.4. The zero-order valence-electron chi connectivity index (χ0n) is 44.1. The van der Waals surface area contributed by atoms with Crippen LogP contribution in [0, 0.1) is 0 Å². The van der Waals surface area contributed by atoms with Crippen LogP contribution in [0.4, 0.5) is 17.8 Å². The maximum atomic E-state index is 12.0. The number of phosphoric acid groups is 2. The maximum Gasteiger partial charge on any atom is 1.00 e. The van der Waals surface area contributed by atoms with Gasteiger partial charge in [-0.1, -0.05) is 11.6 Å². The van der Waals surface area contributed by atoms with Gasteiger partial charge in [-0.25, -0.2) is 28.4 Å². The van der Waals surface area contributed by atoms with Gasteiger partial charge in [0.15, 0.2) is 33.1 Å². The second kappa shape index (κ2) is 26.0. The Bertz CT molecular complexity index is 3780. The van der Waals surface area contributed by atoms with Crippen molar-refractivity contribution in [3.63, 3.8) is 0 Å². The summed E-state index contributed by atoms with van der Waals surface area (Å²) >= 11 is 5.98. The van der Waals surface area contributed by atoms with Gasteiger partial charge in [-0.05, 0) is 40.0 Å². The molecule has 3 aliphatic rings. The summed E-state index contributed by atoms with van der Waals surface area (Å²) in [7, 11) is -25.2.